The highest BCUT2D eigenvalue weighted by molar-refractivity contribution is 5.81. The molecule has 0 saturated carbocycles. The molecule has 7 heteroatoms. The van der Waals surface area contributed by atoms with Crippen LogP contribution in [0.2, 0.25) is 0 Å². The number of benzene rings is 2. The summed E-state index contributed by atoms with van der Waals surface area (Å²) in [4.78, 5) is 4.91. The van der Waals surface area contributed by atoms with Crippen molar-refractivity contribution in [1.82, 2.24) is 14.6 Å². The Balaban J connectivity index is 1.76. The molecule has 4 rings (SSSR count). The minimum absolute atomic E-state index is 0.0146. The number of hydrogen-bond acceptors (Lipinski definition) is 6. The third-order valence-electron chi connectivity index (χ3n) is 4.71. The van der Waals surface area contributed by atoms with Gasteiger partial charge in [0, 0.05) is 23.7 Å². The molecule has 2 aromatic heterocycles. The van der Waals surface area contributed by atoms with Crippen LogP contribution in [0.1, 0.15) is 0 Å². The molecule has 2 heterocycles. The summed E-state index contributed by atoms with van der Waals surface area (Å²) >= 11 is 0. The maximum absolute atomic E-state index is 8.86. The highest BCUT2D eigenvalue weighted by Crippen LogP contribution is 2.30. The molecule has 0 aliphatic rings. The first-order chi connectivity index (χ1) is 14.8. The maximum atomic E-state index is 8.86. The molecule has 2 aromatic carbocycles. The van der Waals surface area contributed by atoms with Crippen LogP contribution in [0, 0.1) is 0 Å². The van der Waals surface area contributed by atoms with Gasteiger partial charge in [0.15, 0.2) is 5.65 Å². The third-order valence-corrected chi connectivity index (χ3v) is 4.71. The Labute approximate surface area is 174 Å². The third kappa shape index (κ3) is 4.27. The van der Waals surface area contributed by atoms with Crippen molar-refractivity contribution in [3.05, 3.63) is 66.9 Å². The van der Waals surface area contributed by atoms with Crippen molar-refractivity contribution in [3.8, 4) is 28.1 Å². The van der Waals surface area contributed by atoms with Gasteiger partial charge in [0.05, 0.1) is 38.8 Å². The van der Waals surface area contributed by atoms with Crippen LogP contribution in [0.5, 0.6) is 5.75 Å². The van der Waals surface area contributed by atoms with Gasteiger partial charge in [-0.25, -0.2) is 4.98 Å². The Kier molecular flexibility index (Phi) is 6.22. The Morgan fingerprint density at radius 3 is 2.63 bits per heavy atom. The standard InChI is InChI=1S/C23H24N4O3/c1-29-19-9-5-8-18(14-19)20-16-25-27-22(24-10-12-30-13-11-28)15-21(26-23(20)27)17-6-3-2-4-7-17/h2-9,14-16,24,28H,10-13H2,1H3. The molecule has 0 amide bonds. The van der Waals surface area contributed by atoms with Gasteiger partial charge in [-0.15, -0.1) is 0 Å². The largest absolute Gasteiger partial charge is 0.497 e. The SMILES string of the molecule is COc1cccc(-c2cnn3c(NCCOCCO)cc(-c4ccccc4)nc23)c1. The van der Waals surface area contributed by atoms with E-state index in [1.54, 1.807) is 11.6 Å². The Morgan fingerprint density at radius 1 is 1.00 bits per heavy atom. The molecule has 30 heavy (non-hydrogen) atoms. The van der Waals surface area contributed by atoms with Gasteiger partial charge in [0.1, 0.15) is 11.6 Å². The molecule has 0 unspecified atom stereocenters. The number of ether oxygens (including phenoxy) is 2. The lowest BCUT2D eigenvalue weighted by atomic mass is 10.1. The Hall–Kier alpha value is -3.42. The normalized spacial score (nSPS) is 11.0. The zero-order valence-corrected chi connectivity index (χ0v) is 16.8. The van der Waals surface area contributed by atoms with Gasteiger partial charge < -0.3 is 19.9 Å². The Morgan fingerprint density at radius 2 is 1.83 bits per heavy atom. The van der Waals surface area contributed by atoms with Gasteiger partial charge in [-0.05, 0) is 17.7 Å². The summed E-state index contributed by atoms with van der Waals surface area (Å²) in [6.45, 7) is 1.40. The first kappa shape index (κ1) is 19.9. The summed E-state index contributed by atoms with van der Waals surface area (Å²) in [6, 6.07) is 19.9. The topological polar surface area (TPSA) is 80.9 Å². The minimum Gasteiger partial charge on any atom is -0.497 e. The van der Waals surface area contributed by atoms with Crippen molar-refractivity contribution in [2.24, 2.45) is 0 Å². The van der Waals surface area contributed by atoms with E-state index in [2.05, 4.69) is 10.4 Å². The van der Waals surface area contributed by atoms with Crippen LogP contribution in [0.25, 0.3) is 28.0 Å². The van der Waals surface area contributed by atoms with Crippen molar-refractivity contribution in [2.45, 2.75) is 0 Å². The highest BCUT2D eigenvalue weighted by Gasteiger charge is 2.14. The fourth-order valence-corrected chi connectivity index (χ4v) is 3.26. The van der Waals surface area contributed by atoms with Crippen molar-refractivity contribution >= 4 is 11.5 Å². The van der Waals surface area contributed by atoms with E-state index in [1.807, 2.05) is 66.9 Å². The number of hydrogen-bond donors (Lipinski definition) is 2. The second kappa shape index (κ2) is 9.39. The Bertz CT molecular complexity index is 1110. The summed E-state index contributed by atoms with van der Waals surface area (Å²) < 4.78 is 12.5. The van der Waals surface area contributed by atoms with Gasteiger partial charge >= 0.3 is 0 Å². The molecule has 0 aliphatic carbocycles. The van der Waals surface area contributed by atoms with Crippen molar-refractivity contribution in [1.29, 1.82) is 0 Å². The summed E-state index contributed by atoms with van der Waals surface area (Å²) in [5, 5.41) is 16.8. The number of methoxy groups -OCH3 is 1. The molecule has 0 spiro atoms. The first-order valence-corrected chi connectivity index (χ1v) is 9.81. The zero-order chi connectivity index (χ0) is 20.8. The fraction of sp³-hybridized carbons (Fsp3) is 0.217. The van der Waals surface area contributed by atoms with Crippen LogP contribution in [-0.2, 0) is 4.74 Å². The van der Waals surface area contributed by atoms with Crippen LogP contribution in [0.15, 0.2) is 66.9 Å². The molecule has 0 saturated heterocycles. The molecule has 2 N–H and O–H groups in total. The van der Waals surface area contributed by atoms with Gasteiger partial charge in [0.2, 0.25) is 0 Å². The smallest absolute Gasteiger partial charge is 0.165 e. The molecule has 0 aliphatic heterocycles. The van der Waals surface area contributed by atoms with E-state index in [0.717, 1.165) is 39.6 Å². The number of aromatic nitrogens is 3. The van der Waals surface area contributed by atoms with E-state index >= 15 is 0 Å². The van der Waals surface area contributed by atoms with Crippen molar-refractivity contribution in [2.75, 3.05) is 38.8 Å². The molecule has 0 fully saturated rings. The maximum Gasteiger partial charge on any atom is 0.165 e. The second-order valence-electron chi connectivity index (χ2n) is 6.68. The number of rotatable bonds is 9. The lowest BCUT2D eigenvalue weighted by molar-refractivity contribution is 0.0991. The van der Waals surface area contributed by atoms with Gasteiger partial charge in [-0.2, -0.15) is 9.61 Å². The van der Waals surface area contributed by atoms with Crippen LogP contribution < -0.4 is 10.1 Å². The number of aliphatic hydroxyl groups excluding tert-OH is 1. The monoisotopic (exact) mass is 404 g/mol. The van der Waals surface area contributed by atoms with Crippen LogP contribution >= 0.6 is 0 Å². The number of nitrogens with zero attached hydrogens (tertiary/aromatic N) is 3. The quantitative estimate of drug-likeness (QED) is 0.416. The summed E-state index contributed by atoms with van der Waals surface area (Å²) in [6.07, 6.45) is 1.82. The van der Waals surface area contributed by atoms with Crippen LogP contribution in [0.4, 0.5) is 5.82 Å². The number of nitrogens with one attached hydrogen (secondary N) is 1. The average Bonchev–Trinajstić information content (AvgIpc) is 3.24. The zero-order valence-electron chi connectivity index (χ0n) is 16.8. The molecule has 4 aromatic rings. The van der Waals surface area contributed by atoms with Gasteiger partial charge in [0.25, 0.3) is 0 Å². The van der Waals surface area contributed by atoms with E-state index in [0.29, 0.717) is 19.8 Å². The predicted octanol–water partition coefficient (Wildman–Crippen LogP) is 3.49. The number of fused-ring (bicyclic) bond motifs is 1. The highest BCUT2D eigenvalue weighted by atomic mass is 16.5. The fourth-order valence-electron chi connectivity index (χ4n) is 3.26. The number of anilines is 1. The molecule has 0 radical (unpaired) electrons. The molecule has 154 valence electrons. The number of aliphatic hydroxyl groups is 1. The van der Waals surface area contributed by atoms with E-state index in [1.165, 1.54) is 0 Å². The van der Waals surface area contributed by atoms with Crippen LogP contribution in [-0.4, -0.2) is 53.2 Å². The van der Waals surface area contributed by atoms with E-state index in [9.17, 15) is 0 Å². The van der Waals surface area contributed by atoms with Crippen molar-refractivity contribution in [3.63, 3.8) is 0 Å². The molecular formula is C23H24N4O3. The lowest BCUT2D eigenvalue weighted by Crippen LogP contribution is -2.14. The van der Waals surface area contributed by atoms with E-state index < -0.39 is 0 Å². The molecule has 0 bridgehead atoms. The summed E-state index contributed by atoms with van der Waals surface area (Å²) in [5.74, 6) is 1.60. The second-order valence-corrected chi connectivity index (χ2v) is 6.68. The first-order valence-electron chi connectivity index (χ1n) is 9.81. The molecule has 7 nitrogen and oxygen atoms in total. The predicted molar refractivity (Wildman–Crippen MR) is 117 cm³/mol. The average molecular weight is 404 g/mol. The van der Waals surface area contributed by atoms with Crippen LogP contribution in [0.3, 0.4) is 0 Å². The van der Waals surface area contributed by atoms with Gasteiger partial charge in [-0.1, -0.05) is 42.5 Å². The van der Waals surface area contributed by atoms with E-state index in [-0.39, 0.29) is 6.61 Å². The lowest BCUT2D eigenvalue weighted by Gasteiger charge is -2.12. The van der Waals surface area contributed by atoms with Gasteiger partial charge in [-0.3, -0.25) is 0 Å². The summed E-state index contributed by atoms with van der Waals surface area (Å²) in [5.41, 5.74) is 4.54. The molecule has 0 atom stereocenters. The van der Waals surface area contributed by atoms with Crippen molar-refractivity contribution < 1.29 is 14.6 Å². The minimum atomic E-state index is 0.0146. The van der Waals surface area contributed by atoms with E-state index in [4.69, 9.17) is 19.6 Å². The summed E-state index contributed by atoms with van der Waals surface area (Å²) in [7, 11) is 1.65. The molecular weight excluding hydrogens is 380 g/mol.